The molecule has 0 saturated carbocycles. The second-order valence-electron chi connectivity index (χ2n) is 14.1. The van der Waals surface area contributed by atoms with E-state index in [-0.39, 0.29) is 0 Å². The highest BCUT2D eigenvalue weighted by atomic mass is 16.4. The van der Waals surface area contributed by atoms with Gasteiger partial charge in [-0.2, -0.15) is 0 Å². The van der Waals surface area contributed by atoms with Crippen molar-refractivity contribution in [3.05, 3.63) is 200 Å². The molecule has 0 atom stereocenters. The largest absolute Gasteiger partial charge is 0.436 e. The summed E-state index contributed by atoms with van der Waals surface area (Å²) >= 11 is 0. The van der Waals surface area contributed by atoms with Gasteiger partial charge in [-0.3, -0.25) is 0 Å². The average molecular weight is 764 g/mol. The molecule has 8 nitrogen and oxygen atoms in total. The molecule has 0 unspecified atom stereocenters. The van der Waals surface area contributed by atoms with Gasteiger partial charge in [0.25, 0.3) is 0 Å². The van der Waals surface area contributed by atoms with Crippen molar-refractivity contribution < 1.29 is 13.3 Å². The normalized spacial score (nSPS) is 11.4. The predicted molar refractivity (Wildman–Crippen MR) is 235 cm³/mol. The van der Waals surface area contributed by atoms with Crippen molar-refractivity contribution >= 4 is 67.4 Å². The topological polar surface area (TPSA) is 84.6 Å². The lowest BCUT2D eigenvalue weighted by Crippen LogP contribution is -2.13. The van der Waals surface area contributed by atoms with Crippen molar-refractivity contribution in [1.29, 1.82) is 0 Å². The molecule has 0 fully saturated rings. The van der Waals surface area contributed by atoms with Crippen molar-refractivity contribution in [2.75, 3.05) is 9.80 Å². The number of nitrogens with zero attached hydrogens (tertiary/aromatic N) is 5. The molecule has 0 spiro atoms. The molecule has 8 heteroatoms. The third-order valence-electron chi connectivity index (χ3n) is 10.3. The van der Waals surface area contributed by atoms with Crippen LogP contribution < -0.4 is 9.80 Å². The van der Waals surface area contributed by atoms with Gasteiger partial charge in [0.2, 0.25) is 17.7 Å². The molecule has 280 valence electrons. The summed E-state index contributed by atoms with van der Waals surface area (Å²) in [6.45, 7) is 0. The van der Waals surface area contributed by atoms with Gasteiger partial charge in [0.05, 0.1) is 0 Å². The van der Waals surface area contributed by atoms with E-state index in [0.717, 1.165) is 84.1 Å². The van der Waals surface area contributed by atoms with Crippen LogP contribution in [0.1, 0.15) is 0 Å². The van der Waals surface area contributed by atoms with Crippen molar-refractivity contribution in [3.8, 4) is 34.4 Å². The lowest BCUT2D eigenvalue weighted by atomic mass is 10.1. The number of benzene rings is 8. The van der Waals surface area contributed by atoms with Gasteiger partial charge in [0.1, 0.15) is 16.6 Å². The SMILES string of the molecule is c1ccc(N(c2ccc(-c3nc4ccccc4o3)cc2)c2cc(-c3nc4ccccc4o3)cc(N(c3ccccc3)c3ccc(-c4nc5ccccc5o4)cc3)c2)cc1. The average Bonchev–Trinajstić information content (AvgIpc) is 4.05. The molecule has 0 radical (unpaired) electrons. The summed E-state index contributed by atoms with van der Waals surface area (Å²) in [4.78, 5) is 18.9. The van der Waals surface area contributed by atoms with E-state index in [4.69, 9.17) is 28.2 Å². The fraction of sp³-hybridized carbons (Fsp3) is 0. The number of fused-ring (bicyclic) bond motifs is 3. The van der Waals surface area contributed by atoms with Crippen LogP contribution in [0.25, 0.3) is 67.7 Å². The summed E-state index contributed by atoms with van der Waals surface area (Å²) in [5.74, 6) is 1.67. The number of rotatable bonds is 9. The van der Waals surface area contributed by atoms with Crippen LogP contribution >= 0.6 is 0 Å². The quantitative estimate of drug-likeness (QED) is 0.144. The molecule has 0 saturated heterocycles. The first-order valence-electron chi connectivity index (χ1n) is 19.3. The molecule has 0 aliphatic heterocycles. The van der Waals surface area contributed by atoms with E-state index in [1.54, 1.807) is 0 Å². The summed E-state index contributed by atoms with van der Waals surface area (Å²) in [5, 5.41) is 0. The molecular weight excluding hydrogens is 731 g/mol. The van der Waals surface area contributed by atoms with Crippen LogP contribution in [0.15, 0.2) is 213 Å². The lowest BCUT2D eigenvalue weighted by Gasteiger charge is -2.30. The summed E-state index contributed by atoms with van der Waals surface area (Å²) < 4.78 is 18.7. The number of hydrogen-bond donors (Lipinski definition) is 0. The minimum absolute atomic E-state index is 0.521. The first-order chi connectivity index (χ1) is 29.2. The Labute approximate surface area is 338 Å². The van der Waals surface area contributed by atoms with E-state index >= 15 is 0 Å². The van der Waals surface area contributed by atoms with Gasteiger partial charge in [-0.15, -0.1) is 0 Å². The molecule has 0 N–H and O–H groups in total. The molecule has 0 amide bonds. The van der Waals surface area contributed by atoms with Gasteiger partial charge < -0.3 is 23.1 Å². The fourth-order valence-corrected chi connectivity index (χ4v) is 7.52. The highest BCUT2D eigenvalue weighted by Crippen LogP contribution is 2.44. The van der Waals surface area contributed by atoms with E-state index in [2.05, 4.69) is 125 Å². The third-order valence-corrected chi connectivity index (χ3v) is 10.3. The Hall–Kier alpha value is -8.23. The molecule has 8 aromatic carbocycles. The highest BCUT2D eigenvalue weighted by Gasteiger charge is 2.22. The maximum atomic E-state index is 6.44. The van der Waals surface area contributed by atoms with Crippen LogP contribution in [0.3, 0.4) is 0 Å². The van der Waals surface area contributed by atoms with Gasteiger partial charge >= 0.3 is 0 Å². The number of anilines is 6. The van der Waals surface area contributed by atoms with Gasteiger partial charge in [0.15, 0.2) is 16.7 Å². The number of oxazole rings is 3. The minimum Gasteiger partial charge on any atom is -0.436 e. The standard InChI is InChI=1S/C51H33N5O3/c1-3-13-37(14-4-1)55(39-27-23-34(24-28-39)49-52-43-17-7-10-20-46(43)57-49)41-31-36(51-54-45-19-9-12-22-48(45)59-51)32-42(33-41)56(38-15-5-2-6-16-38)40-29-25-35(26-30-40)50-53-44-18-8-11-21-47(44)58-50/h1-33H. The Morgan fingerprint density at radius 1 is 0.271 bits per heavy atom. The van der Waals surface area contributed by atoms with Gasteiger partial charge in [-0.25, -0.2) is 15.0 Å². The molecule has 3 aromatic heterocycles. The van der Waals surface area contributed by atoms with E-state index in [1.165, 1.54) is 0 Å². The zero-order valence-electron chi connectivity index (χ0n) is 31.5. The first-order valence-corrected chi connectivity index (χ1v) is 19.3. The van der Waals surface area contributed by atoms with E-state index in [1.807, 2.05) is 84.9 Å². The number of aromatic nitrogens is 3. The number of hydrogen-bond acceptors (Lipinski definition) is 8. The van der Waals surface area contributed by atoms with E-state index < -0.39 is 0 Å². The van der Waals surface area contributed by atoms with Crippen molar-refractivity contribution in [1.82, 2.24) is 15.0 Å². The monoisotopic (exact) mass is 763 g/mol. The number of para-hydroxylation sites is 8. The maximum absolute atomic E-state index is 6.44. The molecule has 0 bridgehead atoms. The van der Waals surface area contributed by atoms with E-state index in [0.29, 0.717) is 17.7 Å². The predicted octanol–water partition coefficient (Wildman–Crippen LogP) is 14.1. The van der Waals surface area contributed by atoms with Crippen LogP contribution in [0, 0.1) is 0 Å². The maximum Gasteiger partial charge on any atom is 0.227 e. The second-order valence-corrected chi connectivity index (χ2v) is 14.1. The third kappa shape index (κ3) is 6.44. The Bertz CT molecular complexity index is 2950. The molecule has 3 heterocycles. The van der Waals surface area contributed by atoms with Crippen molar-refractivity contribution in [3.63, 3.8) is 0 Å². The highest BCUT2D eigenvalue weighted by molar-refractivity contribution is 5.88. The zero-order chi connectivity index (χ0) is 39.1. The summed E-state index contributed by atoms with van der Waals surface area (Å²) in [7, 11) is 0. The fourth-order valence-electron chi connectivity index (χ4n) is 7.52. The van der Waals surface area contributed by atoms with Crippen LogP contribution in [-0.4, -0.2) is 15.0 Å². The smallest absolute Gasteiger partial charge is 0.227 e. The molecular formula is C51H33N5O3. The van der Waals surface area contributed by atoms with E-state index in [9.17, 15) is 0 Å². The van der Waals surface area contributed by atoms with Gasteiger partial charge in [-0.1, -0.05) is 72.8 Å². The minimum atomic E-state index is 0.521. The molecule has 11 aromatic rings. The molecule has 0 aliphatic rings. The van der Waals surface area contributed by atoms with Gasteiger partial charge in [0, 0.05) is 50.8 Å². The molecule has 59 heavy (non-hydrogen) atoms. The Kier molecular flexibility index (Phi) is 8.29. The zero-order valence-corrected chi connectivity index (χ0v) is 31.5. The van der Waals surface area contributed by atoms with Crippen LogP contribution in [0.4, 0.5) is 34.1 Å². The first kappa shape index (κ1) is 34.1. The summed E-state index contributed by atoms with van der Waals surface area (Å²) in [6.07, 6.45) is 0. The second kappa shape index (κ2) is 14.4. The lowest BCUT2D eigenvalue weighted by molar-refractivity contribution is 0.619. The summed E-state index contributed by atoms with van der Waals surface area (Å²) in [6, 6.07) is 67.3. The Morgan fingerprint density at radius 2 is 0.593 bits per heavy atom. The Morgan fingerprint density at radius 3 is 0.966 bits per heavy atom. The molecule has 0 aliphatic carbocycles. The van der Waals surface area contributed by atoms with Crippen LogP contribution in [-0.2, 0) is 0 Å². The molecule has 11 rings (SSSR count). The van der Waals surface area contributed by atoms with Crippen LogP contribution in [0.5, 0.6) is 0 Å². The Balaban J connectivity index is 1.07. The van der Waals surface area contributed by atoms with Crippen molar-refractivity contribution in [2.24, 2.45) is 0 Å². The van der Waals surface area contributed by atoms with Gasteiger partial charge in [-0.05, 0) is 127 Å². The van der Waals surface area contributed by atoms with Crippen LogP contribution in [0.2, 0.25) is 0 Å². The van der Waals surface area contributed by atoms with Crippen molar-refractivity contribution in [2.45, 2.75) is 0 Å². The summed E-state index contributed by atoms with van der Waals surface area (Å²) in [5.41, 5.74) is 12.9.